The largest absolute Gasteiger partial charge is 0.313 e. The van der Waals surface area contributed by atoms with Gasteiger partial charge >= 0.3 is 0 Å². The first-order valence-corrected chi connectivity index (χ1v) is 4.85. The van der Waals surface area contributed by atoms with Crippen molar-refractivity contribution in [3.05, 3.63) is 12.3 Å². The lowest BCUT2D eigenvalue weighted by molar-refractivity contribution is 0.134. The Morgan fingerprint density at radius 1 is 1.50 bits per heavy atom. The molecule has 2 N–H and O–H groups in total. The highest BCUT2D eigenvalue weighted by Crippen LogP contribution is 1.94. The molecule has 0 aromatic heterocycles. The van der Waals surface area contributed by atoms with Crippen LogP contribution in [-0.2, 0) is 0 Å². The maximum Gasteiger partial charge on any atom is 0.0373 e. The van der Waals surface area contributed by atoms with Gasteiger partial charge in [0.1, 0.15) is 0 Å². The van der Waals surface area contributed by atoms with Gasteiger partial charge in [0.15, 0.2) is 0 Å². The lowest BCUT2D eigenvalue weighted by atomic mass is 10.2. The third-order valence-electron chi connectivity index (χ3n) is 1.95. The molecule has 0 saturated heterocycles. The van der Waals surface area contributed by atoms with Gasteiger partial charge in [0.2, 0.25) is 0 Å². The van der Waals surface area contributed by atoms with Crippen LogP contribution in [0.1, 0.15) is 32.6 Å². The lowest BCUT2D eigenvalue weighted by Gasteiger charge is -2.25. The topological polar surface area (TPSA) is 27.3 Å². The average Bonchev–Trinajstić information content (AvgIpc) is 2.14. The van der Waals surface area contributed by atoms with Crippen LogP contribution in [0, 0.1) is 0 Å². The Bertz CT molecular complexity index is 134. The van der Waals surface area contributed by atoms with Crippen LogP contribution in [0.3, 0.4) is 0 Å². The number of rotatable bonds is 5. The zero-order valence-electron chi connectivity index (χ0n) is 7.84. The van der Waals surface area contributed by atoms with E-state index in [2.05, 4.69) is 29.0 Å². The fourth-order valence-corrected chi connectivity index (χ4v) is 1.21. The Labute approximate surface area is 74.8 Å². The van der Waals surface area contributed by atoms with Crippen LogP contribution < -0.4 is 10.9 Å². The van der Waals surface area contributed by atoms with Gasteiger partial charge in [0, 0.05) is 19.3 Å². The van der Waals surface area contributed by atoms with Crippen LogP contribution >= 0.6 is 0 Å². The molecule has 0 fully saturated rings. The summed E-state index contributed by atoms with van der Waals surface area (Å²) in [6.07, 6.45) is 9.12. The number of nitrogens with zero attached hydrogens (tertiary/aromatic N) is 1. The standard InChI is InChI=1S/C9H19N3/c1-2-3-4-7-10-12-9-6-5-8-11-12/h5,8,10-11H,2-4,6-7,9H2,1H3. The summed E-state index contributed by atoms with van der Waals surface area (Å²) in [5.74, 6) is 0. The van der Waals surface area contributed by atoms with Gasteiger partial charge in [-0.15, -0.1) is 0 Å². The molecule has 0 radical (unpaired) electrons. The summed E-state index contributed by atoms with van der Waals surface area (Å²) >= 11 is 0. The van der Waals surface area contributed by atoms with Gasteiger partial charge in [-0.2, -0.15) is 5.12 Å². The van der Waals surface area contributed by atoms with Crippen molar-refractivity contribution in [1.82, 2.24) is 16.0 Å². The van der Waals surface area contributed by atoms with Crippen molar-refractivity contribution in [1.29, 1.82) is 0 Å². The molecule has 1 rings (SSSR count). The molecule has 1 heterocycles. The monoisotopic (exact) mass is 169 g/mol. The van der Waals surface area contributed by atoms with Crippen LogP contribution in [0.5, 0.6) is 0 Å². The highest BCUT2D eigenvalue weighted by molar-refractivity contribution is 4.83. The van der Waals surface area contributed by atoms with E-state index >= 15 is 0 Å². The Morgan fingerprint density at radius 2 is 2.42 bits per heavy atom. The fraction of sp³-hybridized carbons (Fsp3) is 0.778. The highest BCUT2D eigenvalue weighted by atomic mass is 15.7. The molecule has 12 heavy (non-hydrogen) atoms. The van der Waals surface area contributed by atoms with E-state index in [0.29, 0.717) is 0 Å². The van der Waals surface area contributed by atoms with E-state index in [-0.39, 0.29) is 0 Å². The Balaban J connectivity index is 1.95. The quantitative estimate of drug-likeness (QED) is 0.609. The molecule has 70 valence electrons. The number of hydrogen-bond acceptors (Lipinski definition) is 3. The third kappa shape index (κ3) is 3.74. The van der Waals surface area contributed by atoms with Gasteiger partial charge in [-0.3, -0.25) is 0 Å². The van der Waals surface area contributed by atoms with Gasteiger partial charge in [-0.05, 0) is 12.8 Å². The molecule has 0 aromatic rings. The minimum absolute atomic E-state index is 1.06. The number of hydrogen-bond donors (Lipinski definition) is 2. The highest BCUT2D eigenvalue weighted by Gasteiger charge is 2.02. The van der Waals surface area contributed by atoms with Crippen molar-refractivity contribution in [3.63, 3.8) is 0 Å². The van der Waals surface area contributed by atoms with Gasteiger partial charge in [-0.1, -0.05) is 25.8 Å². The maximum atomic E-state index is 3.33. The van der Waals surface area contributed by atoms with Crippen LogP contribution in [0.15, 0.2) is 12.3 Å². The molecule has 0 saturated carbocycles. The minimum Gasteiger partial charge on any atom is -0.313 e. The molecule has 0 amide bonds. The van der Waals surface area contributed by atoms with Crippen LogP contribution in [-0.4, -0.2) is 18.2 Å². The van der Waals surface area contributed by atoms with E-state index in [1.54, 1.807) is 0 Å². The molecule has 3 nitrogen and oxygen atoms in total. The Hall–Kier alpha value is -0.540. The van der Waals surface area contributed by atoms with E-state index in [4.69, 9.17) is 0 Å². The van der Waals surface area contributed by atoms with Crippen LogP contribution in [0.4, 0.5) is 0 Å². The third-order valence-corrected chi connectivity index (χ3v) is 1.95. The smallest absolute Gasteiger partial charge is 0.0373 e. The second-order valence-corrected chi connectivity index (χ2v) is 3.09. The average molecular weight is 169 g/mol. The molecular weight excluding hydrogens is 150 g/mol. The van der Waals surface area contributed by atoms with Crippen molar-refractivity contribution in [2.24, 2.45) is 0 Å². The van der Waals surface area contributed by atoms with Crippen molar-refractivity contribution in [2.75, 3.05) is 13.1 Å². The first-order valence-electron chi connectivity index (χ1n) is 4.85. The zero-order valence-corrected chi connectivity index (χ0v) is 7.84. The first kappa shape index (κ1) is 9.55. The second-order valence-electron chi connectivity index (χ2n) is 3.09. The summed E-state index contributed by atoms with van der Waals surface area (Å²) in [4.78, 5) is 0. The maximum absolute atomic E-state index is 3.33. The van der Waals surface area contributed by atoms with Crippen LogP contribution in [0.25, 0.3) is 0 Å². The van der Waals surface area contributed by atoms with E-state index < -0.39 is 0 Å². The minimum atomic E-state index is 1.06. The number of unbranched alkanes of at least 4 members (excludes halogenated alkanes) is 2. The SMILES string of the molecule is CCCCCNN1CCC=CN1. The summed E-state index contributed by atoms with van der Waals surface area (Å²) in [6, 6.07) is 0. The van der Waals surface area contributed by atoms with Gasteiger partial charge in [0.05, 0.1) is 0 Å². The lowest BCUT2D eigenvalue weighted by Crippen LogP contribution is -2.47. The summed E-state index contributed by atoms with van der Waals surface area (Å²) in [5.41, 5.74) is 6.47. The van der Waals surface area contributed by atoms with Crippen molar-refractivity contribution < 1.29 is 0 Å². The van der Waals surface area contributed by atoms with E-state index in [9.17, 15) is 0 Å². The number of nitrogens with one attached hydrogen (secondary N) is 2. The van der Waals surface area contributed by atoms with Crippen molar-refractivity contribution >= 4 is 0 Å². The molecule has 0 spiro atoms. The molecule has 0 aromatic carbocycles. The number of hydrazine groups is 2. The van der Waals surface area contributed by atoms with E-state index in [1.807, 2.05) is 6.20 Å². The van der Waals surface area contributed by atoms with Gasteiger partial charge in [0.25, 0.3) is 0 Å². The first-order chi connectivity index (χ1) is 5.93. The van der Waals surface area contributed by atoms with E-state index in [0.717, 1.165) is 19.5 Å². The van der Waals surface area contributed by atoms with Crippen molar-refractivity contribution in [3.8, 4) is 0 Å². The normalized spacial score (nSPS) is 17.8. The molecular formula is C9H19N3. The summed E-state index contributed by atoms with van der Waals surface area (Å²) < 4.78 is 0. The summed E-state index contributed by atoms with van der Waals surface area (Å²) in [5, 5.41) is 2.05. The molecule has 3 heteroatoms. The Morgan fingerprint density at radius 3 is 3.08 bits per heavy atom. The van der Waals surface area contributed by atoms with Crippen LogP contribution in [0.2, 0.25) is 0 Å². The van der Waals surface area contributed by atoms with Crippen molar-refractivity contribution in [2.45, 2.75) is 32.6 Å². The predicted octanol–water partition coefficient (Wildman–Crippen LogP) is 1.41. The Kier molecular flexibility index (Phi) is 4.80. The molecule has 0 aliphatic carbocycles. The summed E-state index contributed by atoms with van der Waals surface area (Å²) in [7, 11) is 0. The van der Waals surface area contributed by atoms with Gasteiger partial charge in [-0.25, -0.2) is 5.43 Å². The van der Waals surface area contributed by atoms with Gasteiger partial charge < -0.3 is 5.43 Å². The molecule has 1 aliphatic heterocycles. The molecule has 0 unspecified atom stereocenters. The van der Waals surface area contributed by atoms with E-state index in [1.165, 1.54) is 19.3 Å². The fourth-order valence-electron chi connectivity index (χ4n) is 1.21. The molecule has 0 bridgehead atoms. The summed E-state index contributed by atoms with van der Waals surface area (Å²) in [6.45, 7) is 4.36. The second kappa shape index (κ2) is 6.03. The molecule has 1 aliphatic rings. The molecule has 0 atom stereocenters. The zero-order chi connectivity index (χ0) is 8.65. The predicted molar refractivity (Wildman–Crippen MR) is 51.1 cm³/mol.